The zero-order valence-corrected chi connectivity index (χ0v) is 19.4. The van der Waals surface area contributed by atoms with Crippen molar-refractivity contribution >= 4 is 12.4 Å². The van der Waals surface area contributed by atoms with E-state index in [0.29, 0.717) is 17.8 Å². The van der Waals surface area contributed by atoms with Gasteiger partial charge in [0.15, 0.2) is 0 Å². The van der Waals surface area contributed by atoms with E-state index in [4.69, 9.17) is 5.73 Å². The van der Waals surface area contributed by atoms with Gasteiger partial charge in [-0.1, -0.05) is 19.9 Å². The molecule has 4 fully saturated rings. The monoisotopic (exact) mass is 490 g/mol. The van der Waals surface area contributed by atoms with E-state index in [2.05, 4.69) is 26.5 Å². The second-order valence-corrected chi connectivity index (χ2v) is 9.88. The van der Waals surface area contributed by atoms with E-state index < -0.39 is 12.2 Å². The molecule has 0 amide bonds. The first-order chi connectivity index (χ1) is 11.3. The third kappa shape index (κ3) is 3.51. The van der Waals surface area contributed by atoms with E-state index in [9.17, 15) is 10.2 Å². The van der Waals surface area contributed by atoms with Gasteiger partial charge < -0.3 is 23.4 Å². The number of aliphatic hydroxyl groups is 2. The molecule has 3 nitrogen and oxygen atoms in total. The van der Waals surface area contributed by atoms with Crippen molar-refractivity contribution in [1.29, 1.82) is 0 Å². The van der Waals surface area contributed by atoms with E-state index in [1.54, 1.807) is 0 Å². The molecule has 0 aromatic heterocycles. The van der Waals surface area contributed by atoms with Crippen LogP contribution in [0.5, 0.6) is 0 Å². The van der Waals surface area contributed by atoms with Gasteiger partial charge in [0.2, 0.25) is 0 Å². The van der Waals surface area contributed by atoms with Crippen molar-refractivity contribution in [2.24, 2.45) is 46.2 Å². The van der Waals surface area contributed by atoms with Gasteiger partial charge in [-0.05, 0) is 85.4 Å². The number of halogens is 1. The van der Waals surface area contributed by atoms with Gasteiger partial charge in [0.1, 0.15) is 0 Å². The fourth-order valence-corrected chi connectivity index (χ4v) is 7.72. The normalized spacial score (nSPS) is 53.4. The molecular formula is C22H39ClNO2Pd-. The predicted octanol–water partition coefficient (Wildman–Crippen LogP) is 3.97. The first-order valence-corrected chi connectivity index (χ1v) is 10.1. The van der Waals surface area contributed by atoms with Crippen LogP contribution < -0.4 is 5.73 Å². The predicted molar refractivity (Wildman–Crippen MR) is 110 cm³/mol. The number of fused-ring (bicyclic) bond motifs is 5. The van der Waals surface area contributed by atoms with Crippen molar-refractivity contribution in [3.8, 4) is 0 Å². The van der Waals surface area contributed by atoms with Gasteiger partial charge in [-0.2, -0.15) is 0 Å². The number of aliphatic hydroxyl groups excluding tert-OH is 2. The van der Waals surface area contributed by atoms with Crippen LogP contribution in [-0.4, -0.2) is 28.5 Å². The maximum absolute atomic E-state index is 11.1. The van der Waals surface area contributed by atoms with Crippen LogP contribution in [-0.2, 0) is 20.4 Å². The van der Waals surface area contributed by atoms with E-state index in [1.165, 1.54) is 25.7 Å². The van der Waals surface area contributed by atoms with Crippen molar-refractivity contribution < 1.29 is 30.6 Å². The summed E-state index contributed by atoms with van der Waals surface area (Å²) in [5, 5.41) is 22.1. The van der Waals surface area contributed by atoms with Crippen molar-refractivity contribution in [2.75, 3.05) is 0 Å². The Bertz CT molecular complexity index is 534. The van der Waals surface area contributed by atoms with E-state index in [0.717, 1.165) is 19.3 Å². The molecule has 4 rings (SSSR count). The molecule has 4 aliphatic rings. The summed E-state index contributed by atoms with van der Waals surface area (Å²) in [6, 6.07) is 0.187. The maximum atomic E-state index is 11.1. The fraction of sp³-hybridized carbons (Fsp3) is 0.864. The number of rotatable bonds is 1. The first kappa shape index (κ1) is 25.6. The van der Waals surface area contributed by atoms with Gasteiger partial charge in [0, 0.05) is 26.5 Å². The zero-order chi connectivity index (χ0) is 17.3. The molecule has 4 aliphatic carbocycles. The van der Waals surface area contributed by atoms with Crippen molar-refractivity contribution in [3.05, 3.63) is 20.1 Å². The molecule has 0 heterocycles. The van der Waals surface area contributed by atoms with Crippen LogP contribution in [0.3, 0.4) is 0 Å². The van der Waals surface area contributed by atoms with Crippen molar-refractivity contribution in [2.45, 2.75) is 77.0 Å². The summed E-state index contributed by atoms with van der Waals surface area (Å²) < 4.78 is 0. The quantitative estimate of drug-likeness (QED) is 0.296. The summed E-state index contributed by atoms with van der Waals surface area (Å²) in [5.74, 6) is 2.04. The molecule has 4 N–H and O–H groups in total. The Morgan fingerprint density at radius 2 is 1.52 bits per heavy atom. The number of allylic oxidation sites excluding steroid dienone is 1. The van der Waals surface area contributed by atoms with Crippen LogP contribution in [0.15, 0.2) is 12.7 Å². The molecule has 4 saturated carbocycles. The minimum Gasteiger partial charge on any atom is -0.390 e. The molecular weight excluding hydrogens is 452 g/mol. The van der Waals surface area contributed by atoms with E-state index >= 15 is 0 Å². The van der Waals surface area contributed by atoms with Crippen LogP contribution in [0, 0.1) is 47.8 Å². The Kier molecular flexibility index (Phi) is 8.30. The molecule has 27 heavy (non-hydrogen) atoms. The van der Waals surface area contributed by atoms with Crippen LogP contribution in [0.4, 0.5) is 0 Å². The fourth-order valence-electron chi connectivity index (χ4n) is 7.72. The number of hydrogen-bond acceptors (Lipinski definition) is 3. The molecule has 0 spiro atoms. The molecule has 0 aromatic carbocycles. The Labute approximate surface area is 186 Å². The van der Waals surface area contributed by atoms with Gasteiger partial charge in [-0.3, -0.25) is 0 Å². The van der Waals surface area contributed by atoms with Crippen LogP contribution in [0.25, 0.3) is 0 Å². The number of hydrogen-bond donors (Lipinski definition) is 3. The summed E-state index contributed by atoms with van der Waals surface area (Å²) in [6.45, 7) is 8.88. The largest absolute Gasteiger partial charge is 0.390 e. The summed E-state index contributed by atoms with van der Waals surface area (Å²) in [4.78, 5) is 0. The Hall–Kier alpha value is 0.572. The topological polar surface area (TPSA) is 66.5 Å². The molecule has 162 valence electrons. The second kappa shape index (κ2) is 8.75. The summed E-state index contributed by atoms with van der Waals surface area (Å²) in [5.41, 5.74) is 6.62. The average molecular weight is 491 g/mol. The van der Waals surface area contributed by atoms with Crippen molar-refractivity contribution in [1.82, 2.24) is 0 Å². The third-order valence-electron chi connectivity index (χ3n) is 9.15. The first-order valence-electron chi connectivity index (χ1n) is 10.1. The molecule has 0 bridgehead atoms. The van der Waals surface area contributed by atoms with Crippen molar-refractivity contribution in [3.63, 3.8) is 0 Å². The van der Waals surface area contributed by atoms with Gasteiger partial charge >= 0.3 is 0 Å². The van der Waals surface area contributed by atoms with Gasteiger partial charge in [0.05, 0.1) is 12.2 Å². The zero-order valence-electron chi connectivity index (χ0n) is 17.0. The minimum absolute atomic E-state index is 0. The second-order valence-electron chi connectivity index (χ2n) is 9.88. The molecule has 0 radical (unpaired) electrons. The summed E-state index contributed by atoms with van der Waals surface area (Å²) >= 11 is 0. The van der Waals surface area contributed by atoms with Gasteiger partial charge in [-0.15, -0.1) is 19.0 Å². The SMILES string of the molecule is C=C[C@H]1CCC2C3C(CC[C@@]21C)[C@@]1(C)CC[C@H](N)CC1[C@@H](O)[C@@H]3O.Cl.[CH3-].[Pd]. The number of nitrogens with two attached hydrogens (primary N) is 1. The smallest absolute Gasteiger partial charge is 0.0836 e. The molecule has 10 atom stereocenters. The standard InChI is InChI=1S/C21H35NO2.CH3.ClH.Pd/c1-4-12-5-6-14-17-15(8-10-20(12,14)2)21(3)9-7-13(22)11-16(21)18(23)19(17)24;;;/h4,12-19,23-24H,1,5-11,22H2,2-3H3;1H3;1H;/q;-1;;/t12-,13-,14?,15?,16?,17?,18+,19+,20+,21+;;;/m0.../s1. The molecule has 0 aliphatic heterocycles. The van der Waals surface area contributed by atoms with Gasteiger partial charge in [0.25, 0.3) is 0 Å². The molecule has 0 aromatic rings. The molecule has 4 unspecified atom stereocenters. The van der Waals surface area contributed by atoms with E-state index in [-0.39, 0.29) is 69.0 Å². The summed E-state index contributed by atoms with van der Waals surface area (Å²) in [6.07, 6.45) is 8.82. The molecule has 5 heteroatoms. The Morgan fingerprint density at radius 3 is 2.15 bits per heavy atom. The van der Waals surface area contributed by atoms with Crippen LogP contribution in [0.1, 0.15) is 58.8 Å². The Morgan fingerprint density at radius 1 is 0.926 bits per heavy atom. The Balaban J connectivity index is 0.00000121. The van der Waals surface area contributed by atoms with Gasteiger partial charge in [-0.25, -0.2) is 0 Å². The summed E-state index contributed by atoms with van der Waals surface area (Å²) in [7, 11) is 0. The van der Waals surface area contributed by atoms with Crippen LogP contribution >= 0.6 is 12.4 Å². The average Bonchev–Trinajstić information content (AvgIpc) is 2.90. The maximum Gasteiger partial charge on any atom is 0.0836 e. The minimum atomic E-state index is -0.604. The molecule has 0 saturated heterocycles. The van der Waals surface area contributed by atoms with Crippen LogP contribution in [0.2, 0.25) is 0 Å². The third-order valence-corrected chi connectivity index (χ3v) is 9.15. The van der Waals surface area contributed by atoms with E-state index in [1.807, 2.05) is 0 Å².